The number of hydrogen-bond donors (Lipinski definition) is 1. The number of benzene rings is 1. The van der Waals surface area contributed by atoms with E-state index in [1.165, 1.54) is 0 Å². The zero-order chi connectivity index (χ0) is 19.0. The molecule has 0 bridgehead atoms. The summed E-state index contributed by atoms with van der Waals surface area (Å²) < 4.78 is 5.25. The summed E-state index contributed by atoms with van der Waals surface area (Å²) in [6.07, 6.45) is 3.08. The second kappa shape index (κ2) is 7.27. The number of H-pyrrole nitrogens is 1. The summed E-state index contributed by atoms with van der Waals surface area (Å²) in [5.74, 6) is 2.03. The zero-order valence-corrected chi connectivity index (χ0v) is 16.2. The highest BCUT2D eigenvalue weighted by Gasteiger charge is 2.22. The Hall–Kier alpha value is -2.47. The third kappa shape index (κ3) is 3.95. The van der Waals surface area contributed by atoms with Gasteiger partial charge in [-0.25, -0.2) is 0 Å². The van der Waals surface area contributed by atoms with Crippen LogP contribution in [-0.4, -0.2) is 33.1 Å². The molecule has 4 rings (SSSR count). The summed E-state index contributed by atoms with van der Waals surface area (Å²) in [6, 6.07) is 5.84. The first kappa shape index (κ1) is 17.9. The van der Waals surface area contributed by atoms with Gasteiger partial charge in [-0.1, -0.05) is 11.2 Å². The minimum atomic E-state index is 0.104. The standard InChI is InChI=1S/C21H26N4O2/c1-13-8-14(2)21-18(9-13)19(26)11-17(23-21)12-25-6-4-16(5-7-25)10-20-22-15(3)24-27-20/h8-9,11,16H,4-7,10,12H2,1-3H3,(H,23,26). The van der Waals surface area contributed by atoms with E-state index in [-0.39, 0.29) is 5.43 Å². The quantitative estimate of drug-likeness (QED) is 0.767. The smallest absolute Gasteiger partial charge is 0.226 e. The first-order valence-corrected chi connectivity index (χ1v) is 9.62. The van der Waals surface area contributed by atoms with E-state index in [2.05, 4.69) is 33.0 Å². The van der Waals surface area contributed by atoms with Gasteiger partial charge in [0.1, 0.15) is 0 Å². The van der Waals surface area contributed by atoms with Crippen molar-refractivity contribution in [3.8, 4) is 0 Å². The normalized spacial score (nSPS) is 16.3. The molecule has 1 saturated heterocycles. The van der Waals surface area contributed by atoms with Gasteiger partial charge in [-0.05, 0) is 69.8 Å². The fraction of sp³-hybridized carbons (Fsp3) is 0.476. The number of aromatic nitrogens is 3. The Morgan fingerprint density at radius 1 is 1.19 bits per heavy atom. The van der Waals surface area contributed by atoms with Crippen LogP contribution in [0.4, 0.5) is 0 Å². The molecule has 3 heterocycles. The predicted molar refractivity (Wildman–Crippen MR) is 105 cm³/mol. The van der Waals surface area contributed by atoms with E-state index in [1.807, 2.05) is 19.9 Å². The van der Waals surface area contributed by atoms with Crippen LogP contribution in [-0.2, 0) is 13.0 Å². The van der Waals surface area contributed by atoms with Crippen LogP contribution in [0.5, 0.6) is 0 Å². The van der Waals surface area contributed by atoms with Crippen molar-refractivity contribution in [2.75, 3.05) is 13.1 Å². The molecule has 1 aromatic carbocycles. The molecule has 0 unspecified atom stereocenters. The lowest BCUT2D eigenvalue weighted by Crippen LogP contribution is -2.34. The fourth-order valence-corrected chi connectivity index (χ4v) is 4.11. The van der Waals surface area contributed by atoms with Gasteiger partial charge in [0, 0.05) is 30.1 Å². The van der Waals surface area contributed by atoms with Crippen molar-refractivity contribution in [3.63, 3.8) is 0 Å². The SMILES string of the molecule is Cc1cc(C)c2[nH]c(CN3CCC(Cc4nc(C)no4)CC3)cc(=O)c2c1. The number of piperidine rings is 1. The van der Waals surface area contributed by atoms with Crippen LogP contribution in [0.15, 0.2) is 27.5 Å². The van der Waals surface area contributed by atoms with Gasteiger partial charge in [0.05, 0.1) is 5.52 Å². The molecule has 0 spiro atoms. The Balaban J connectivity index is 1.42. The van der Waals surface area contributed by atoms with Crippen LogP contribution >= 0.6 is 0 Å². The molecule has 27 heavy (non-hydrogen) atoms. The van der Waals surface area contributed by atoms with Gasteiger partial charge in [-0.2, -0.15) is 4.98 Å². The first-order valence-electron chi connectivity index (χ1n) is 9.62. The predicted octanol–water partition coefficient (Wildman–Crippen LogP) is 3.29. The molecule has 0 aliphatic carbocycles. The van der Waals surface area contributed by atoms with E-state index >= 15 is 0 Å². The van der Waals surface area contributed by atoms with Crippen molar-refractivity contribution in [1.82, 2.24) is 20.0 Å². The largest absolute Gasteiger partial charge is 0.357 e. The Bertz CT molecular complexity index is 1010. The maximum absolute atomic E-state index is 12.5. The van der Waals surface area contributed by atoms with Gasteiger partial charge in [-0.15, -0.1) is 0 Å². The number of fused-ring (bicyclic) bond motifs is 1. The number of pyridine rings is 1. The molecule has 1 N–H and O–H groups in total. The lowest BCUT2D eigenvalue weighted by molar-refractivity contribution is 0.169. The molecule has 0 radical (unpaired) electrons. The molecule has 6 heteroatoms. The molecule has 6 nitrogen and oxygen atoms in total. The number of aryl methyl sites for hydroxylation is 3. The molecule has 2 aromatic heterocycles. The van der Waals surface area contributed by atoms with Gasteiger partial charge in [-0.3, -0.25) is 9.69 Å². The lowest BCUT2D eigenvalue weighted by Gasteiger charge is -2.31. The van der Waals surface area contributed by atoms with Crippen molar-refractivity contribution < 1.29 is 4.52 Å². The van der Waals surface area contributed by atoms with Gasteiger partial charge in [0.25, 0.3) is 0 Å². The average molecular weight is 366 g/mol. The second-order valence-corrected chi connectivity index (χ2v) is 7.82. The Morgan fingerprint density at radius 2 is 1.96 bits per heavy atom. The summed E-state index contributed by atoms with van der Waals surface area (Å²) >= 11 is 0. The lowest BCUT2D eigenvalue weighted by atomic mass is 9.93. The number of aromatic amines is 1. The molecular weight excluding hydrogens is 340 g/mol. The number of nitrogens with one attached hydrogen (secondary N) is 1. The second-order valence-electron chi connectivity index (χ2n) is 7.82. The van der Waals surface area contributed by atoms with E-state index in [9.17, 15) is 4.79 Å². The summed E-state index contributed by atoms with van der Waals surface area (Å²) in [5, 5.41) is 4.65. The Morgan fingerprint density at radius 3 is 2.67 bits per heavy atom. The van der Waals surface area contributed by atoms with Crippen molar-refractivity contribution >= 4 is 10.9 Å². The maximum atomic E-state index is 12.5. The van der Waals surface area contributed by atoms with Gasteiger partial charge in [0.2, 0.25) is 5.89 Å². The van der Waals surface area contributed by atoms with Crippen LogP contribution in [0.3, 0.4) is 0 Å². The topological polar surface area (TPSA) is 75.0 Å². The monoisotopic (exact) mass is 366 g/mol. The molecule has 3 aromatic rings. The Kier molecular flexibility index (Phi) is 4.83. The third-order valence-electron chi connectivity index (χ3n) is 5.47. The van der Waals surface area contributed by atoms with Crippen LogP contribution in [0, 0.1) is 26.7 Å². The van der Waals surface area contributed by atoms with E-state index in [0.29, 0.717) is 11.7 Å². The highest BCUT2D eigenvalue weighted by atomic mass is 16.5. The minimum Gasteiger partial charge on any atom is -0.357 e. The third-order valence-corrected chi connectivity index (χ3v) is 5.47. The molecule has 1 fully saturated rings. The van der Waals surface area contributed by atoms with E-state index in [0.717, 1.165) is 72.5 Å². The average Bonchev–Trinajstić information content (AvgIpc) is 3.03. The first-order chi connectivity index (χ1) is 13.0. The van der Waals surface area contributed by atoms with Crippen LogP contribution in [0.25, 0.3) is 10.9 Å². The highest BCUT2D eigenvalue weighted by Crippen LogP contribution is 2.23. The van der Waals surface area contributed by atoms with Crippen molar-refractivity contribution in [3.05, 3.63) is 57.0 Å². The van der Waals surface area contributed by atoms with E-state index in [1.54, 1.807) is 6.07 Å². The van der Waals surface area contributed by atoms with Gasteiger partial charge in [0.15, 0.2) is 11.3 Å². The molecule has 0 saturated carbocycles. The summed E-state index contributed by atoms with van der Waals surface area (Å²) in [7, 11) is 0. The van der Waals surface area contributed by atoms with Gasteiger partial charge >= 0.3 is 0 Å². The van der Waals surface area contributed by atoms with Crippen LogP contribution in [0.2, 0.25) is 0 Å². The van der Waals surface area contributed by atoms with Crippen LogP contribution in [0.1, 0.15) is 41.4 Å². The number of likely N-dealkylation sites (tertiary alicyclic amines) is 1. The molecular formula is C21H26N4O2. The molecule has 0 amide bonds. The van der Waals surface area contributed by atoms with E-state index < -0.39 is 0 Å². The van der Waals surface area contributed by atoms with Crippen molar-refractivity contribution in [2.45, 2.75) is 46.6 Å². The molecule has 1 aliphatic rings. The molecule has 142 valence electrons. The fourth-order valence-electron chi connectivity index (χ4n) is 4.11. The number of nitrogens with zero attached hydrogens (tertiary/aromatic N) is 3. The number of rotatable bonds is 4. The minimum absolute atomic E-state index is 0.104. The summed E-state index contributed by atoms with van der Waals surface area (Å²) in [6.45, 7) is 8.75. The van der Waals surface area contributed by atoms with Crippen LogP contribution < -0.4 is 5.43 Å². The number of hydrogen-bond acceptors (Lipinski definition) is 5. The summed E-state index contributed by atoms with van der Waals surface area (Å²) in [4.78, 5) is 22.8. The van der Waals surface area contributed by atoms with Crippen molar-refractivity contribution in [2.24, 2.45) is 5.92 Å². The maximum Gasteiger partial charge on any atom is 0.226 e. The zero-order valence-electron chi connectivity index (χ0n) is 16.2. The molecule has 1 aliphatic heterocycles. The van der Waals surface area contributed by atoms with Gasteiger partial charge < -0.3 is 9.51 Å². The highest BCUT2D eigenvalue weighted by molar-refractivity contribution is 5.82. The van der Waals surface area contributed by atoms with Crippen molar-refractivity contribution in [1.29, 1.82) is 0 Å². The van der Waals surface area contributed by atoms with E-state index in [4.69, 9.17) is 4.52 Å². The molecule has 0 atom stereocenters. The summed E-state index contributed by atoms with van der Waals surface area (Å²) in [5.41, 5.74) is 4.30. The Labute approximate surface area is 158 Å².